The molecule has 0 bridgehead atoms. The summed E-state index contributed by atoms with van der Waals surface area (Å²) in [6.45, 7) is 1.94. The van der Waals surface area contributed by atoms with Gasteiger partial charge in [0.2, 0.25) is 0 Å². The summed E-state index contributed by atoms with van der Waals surface area (Å²) in [4.78, 5) is 8.26. The van der Waals surface area contributed by atoms with E-state index >= 15 is 0 Å². The zero-order valence-electron chi connectivity index (χ0n) is 10.7. The number of rotatable bonds is 4. The SMILES string of the molecule is C[C@H](Nc1ncccc1S(C)(=O)=O)c1ccncc1. The van der Waals surface area contributed by atoms with Gasteiger partial charge in [-0.15, -0.1) is 0 Å². The predicted molar refractivity (Wildman–Crippen MR) is 73.6 cm³/mol. The number of hydrogen-bond acceptors (Lipinski definition) is 5. The number of hydrogen-bond donors (Lipinski definition) is 1. The molecule has 0 radical (unpaired) electrons. The molecule has 1 N–H and O–H groups in total. The average Bonchev–Trinajstić information content (AvgIpc) is 2.39. The lowest BCUT2D eigenvalue weighted by molar-refractivity contribution is 0.601. The first kappa shape index (κ1) is 13.5. The van der Waals surface area contributed by atoms with Gasteiger partial charge in [-0.1, -0.05) is 0 Å². The molecule has 0 aliphatic rings. The molecule has 0 spiro atoms. The first-order valence-corrected chi connectivity index (χ1v) is 7.69. The van der Waals surface area contributed by atoms with E-state index in [9.17, 15) is 8.42 Å². The predicted octanol–water partition coefficient (Wildman–Crippen LogP) is 2.05. The first-order chi connectivity index (χ1) is 8.98. The molecule has 6 heteroatoms. The monoisotopic (exact) mass is 277 g/mol. The van der Waals surface area contributed by atoms with Crippen molar-refractivity contribution >= 4 is 15.7 Å². The highest BCUT2D eigenvalue weighted by Crippen LogP contribution is 2.23. The molecule has 2 rings (SSSR count). The Morgan fingerprint density at radius 3 is 2.47 bits per heavy atom. The molecule has 0 aromatic carbocycles. The third-order valence-electron chi connectivity index (χ3n) is 2.73. The highest BCUT2D eigenvalue weighted by atomic mass is 32.2. The molecule has 0 saturated heterocycles. The van der Waals surface area contributed by atoms with Crippen LogP contribution in [0.25, 0.3) is 0 Å². The van der Waals surface area contributed by atoms with E-state index in [0.717, 1.165) is 5.56 Å². The quantitative estimate of drug-likeness (QED) is 0.926. The minimum absolute atomic E-state index is 0.0570. The van der Waals surface area contributed by atoms with Gasteiger partial charge in [0.25, 0.3) is 0 Å². The zero-order valence-corrected chi connectivity index (χ0v) is 11.6. The molecule has 0 saturated carbocycles. The molecule has 2 aromatic rings. The van der Waals surface area contributed by atoms with Gasteiger partial charge in [-0.25, -0.2) is 13.4 Å². The summed E-state index contributed by atoms with van der Waals surface area (Å²) in [5.74, 6) is 0.370. The number of anilines is 1. The van der Waals surface area contributed by atoms with Crippen molar-refractivity contribution in [3.63, 3.8) is 0 Å². The fourth-order valence-corrected chi connectivity index (χ4v) is 2.53. The van der Waals surface area contributed by atoms with Gasteiger partial charge < -0.3 is 5.32 Å². The Morgan fingerprint density at radius 2 is 1.84 bits per heavy atom. The summed E-state index contributed by atoms with van der Waals surface area (Å²) >= 11 is 0. The van der Waals surface area contributed by atoms with Crippen molar-refractivity contribution in [2.75, 3.05) is 11.6 Å². The number of pyridine rings is 2. The van der Waals surface area contributed by atoms with E-state index in [1.807, 2.05) is 19.1 Å². The van der Waals surface area contributed by atoms with Gasteiger partial charge in [0.1, 0.15) is 10.7 Å². The van der Waals surface area contributed by atoms with Crippen molar-refractivity contribution in [1.29, 1.82) is 0 Å². The van der Waals surface area contributed by atoms with Gasteiger partial charge in [-0.3, -0.25) is 4.98 Å². The van der Waals surface area contributed by atoms with E-state index in [1.165, 1.54) is 6.26 Å². The van der Waals surface area contributed by atoms with Gasteiger partial charge in [0, 0.05) is 24.8 Å². The fraction of sp³-hybridized carbons (Fsp3) is 0.231. The van der Waals surface area contributed by atoms with Crippen LogP contribution in [0.5, 0.6) is 0 Å². The van der Waals surface area contributed by atoms with E-state index in [4.69, 9.17) is 0 Å². The molecule has 0 fully saturated rings. The maximum Gasteiger partial charge on any atom is 0.179 e. The minimum atomic E-state index is -3.30. The topological polar surface area (TPSA) is 72.0 Å². The van der Waals surface area contributed by atoms with Crippen LogP contribution in [-0.2, 0) is 9.84 Å². The van der Waals surface area contributed by atoms with Gasteiger partial charge in [0.05, 0.1) is 6.04 Å². The third-order valence-corrected chi connectivity index (χ3v) is 3.86. The normalized spacial score (nSPS) is 12.9. The maximum atomic E-state index is 11.7. The highest BCUT2D eigenvalue weighted by Gasteiger charge is 2.15. The molecule has 1 atom stereocenters. The largest absolute Gasteiger partial charge is 0.362 e. The Labute approximate surface area is 112 Å². The summed E-state index contributed by atoms with van der Waals surface area (Å²) in [5.41, 5.74) is 1.01. The van der Waals surface area contributed by atoms with Crippen molar-refractivity contribution in [1.82, 2.24) is 9.97 Å². The lowest BCUT2D eigenvalue weighted by atomic mass is 10.1. The van der Waals surface area contributed by atoms with Crippen LogP contribution in [0.2, 0.25) is 0 Å². The standard InChI is InChI=1S/C13H15N3O2S/c1-10(11-5-8-14-9-6-11)16-13-12(19(2,17)18)4-3-7-15-13/h3-10H,1-2H3,(H,15,16)/t10-/m0/s1. The maximum absolute atomic E-state index is 11.7. The minimum Gasteiger partial charge on any atom is -0.362 e. The van der Waals surface area contributed by atoms with Crippen LogP contribution in [0.15, 0.2) is 47.8 Å². The van der Waals surface area contributed by atoms with Crippen molar-refractivity contribution < 1.29 is 8.42 Å². The molecule has 0 aliphatic carbocycles. The van der Waals surface area contributed by atoms with Crippen LogP contribution in [-0.4, -0.2) is 24.6 Å². The molecule has 0 aliphatic heterocycles. The lowest BCUT2D eigenvalue weighted by Gasteiger charge is -2.16. The molecule has 5 nitrogen and oxygen atoms in total. The summed E-state index contributed by atoms with van der Waals surface area (Å²) in [7, 11) is -3.30. The summed E-state index contributed by atoms with van der Waals surface area (Å²) in [6.07, 6.45) is 6.13. The van der Waals surface area contributed by atoms with Gasteiger partial charge in [-0.05, 0) is 36.8 Å². The second kappa shape index (κ2) is 5.36. The van der Waals surface area contributed by atoms with Crippen molar-refractivity contribution in [2.24, 2.45) is 0 Å². The number of aromatic nitrogens is 2. The van der Waals surface area contributed by atoms with Crippen molar-refractivity contribution in [2.45, 2.75) is 17.9 Å². The Balaban J connectivity index is 2.30. The molecule has 2 heterocycles. The molecule has 2 aromatic heterocycles. The van der Waals surface area contributed by atoms with E-state index in [2.05, 4.69) is 15.3 Å². The summed E-state index contributed by atoms with van der Waals surface area (Å²) < 4.78 is 23.4. The smallest absolute Gasteiger partial charge is 0.179 e. The third kappa shape index (κ3) is 3.29. The van der Waals surface area contributed by atoms with Crippen LogP contribution in [0.1, 0.15) is 18.5 Å². The van der Waals surface area contributed by atoms with Crippen molar-refractivity contribution in [3.05, 3.63) is 48.4 Å². The van der Waals surface area contributed by atoms with Crippen LogP contribution >= 0.6 is 0 Å². The molecule has 0 amide bonds. The Bertz CT molecular complexity index is 657. The second-order valence-electron chi connectivity index (χ2n) is 4.27. The Hall–Kier alpha value is -1.95. The molecular weight excluding hydrogens is 262 g/mol. The Kier molecular flexibility index (Phi) is 3.80. The summed E-state index contributed by atoms with van der Waals surface area (Å²) in [5, 5.41) is 3.12. The summed E-state index contributed by atoms with van der Waals surface area (Å²) in [6, 6.07) is 6.85. The van der Waals surface area contributed by atoms with Gasteiger partial charge in [0.15, 0.2) is 9.84 Å². The number of nitrogens with zero attached hydrogens (tertiary/aromatic N) is 2. The lowest BCUT2D eigenvalue weighted by Crippen LogP contribution is -2.11. The number of nitrogens with one attached hydrogen (secondary N) is 1. The van der Waals surface area contributed by atoms with Gasteiger partial charge >= 0.3 is 0 Å². The highest BCUT2D eigenvalue weighted by molar-refractivity contribution is 7.90. The molecular formula is C13H15N3O2S. The van der Waals surface area contributed by atoms with E-state index in [1.54, 1.807) is 30.7 Å². The van der Waals surface area contributed by atoms with Crippen LogP contribution < -0.4 is 5.32 Å². The van der Waals surface area contributed by atoms with E-state index in [-0.39, 0.29) is 10.9 Å². The second-order valence-corrected chi connectivity index (χ2v) is 6.25. The van der Waals surface area contributed by atoms with E-state index < -0.39 is 9.84 Å². The Morgan fingerprint density at radius 1 is 1.16 bits per heavy atom. The number of sulfone groups is 1. The van der Waals surface area contributed by atoms with Crippen LogP contribution in [0, 0.1) is 0 Å². The molecule has 19 heavy (non-hydrogen) atoms. The van der Waals surface area contributed by atoms with Crippen LogP contribution in [0.3, 0.4) is 0 Å². The fourth-order valence-electron chi connectivity index (χ4n) is 1.74. The van der Waals surface area contributed by atoms with Gasteiger partial charge in [-0.2, -0.15) is 0 Å². The molecule has 100 valence electrons. The van der Waals surface area contributed by atoms with E-state index in [0.29, 0.717) is 5.82 Å². The zero-order chi connectivity index (χ0) is 13.9. The van der Waals surface area contributed by atoms with Crippen molar-refractivity contribution in [3.8, 4) is 0 Å². The van der Waals surface area contributed by atoms with Crippen LogP contribution in [0.4, 0.5) is 5.82 Å². The molecule has 0 unspecified atom stereocenters. The average molecular weight is 277 g/mol. The first-order valence-electron chi connectivity index (χ1n) is 5.80.